The van der Waals surface area contributed by atoms with Gasteiger partial charge in [0.05, 0.1) is 16.2 Å². The van der Waals surface area contributed by atoms with E-state index in [0.717, 1.165) is 39.9 Å². The van der Waals surface area contributed by atoms with Crippen molar-refractivity contribution in [2.45, 2.75) is 20.0 Å². The van der Waals surface area contributed by atoms with Gasteiger partial charge in [0, 0.05) is 5.69 Å². The second kappa shape index (κ2) is 10.8. The Bertz CT molecular complexity index is 1400. The fourth-order valence-corrected chi connectivity index (χ4v) is 5.05. The number of ether oxygens (including phenoxy) is 1. The molecule has 0 aromatic heterocycles. The van der Waals surface area contributed by atoms with Crippen LogP contribution in [0, 0.1) is 13.8 Å². The number of thioether (sulfide) groups is 1. The molecule has 4 rings (SSSR count). The van der Waals surface area contributed by atoms with E-state index in [-0.39, 0.29) is 27.4 Å². The Balaban J connectivity index is 1.44. The lowest BCUT2D eigenvalue weighted by atomic mass is 10.1. The van der Waals surface area contributed by atoms with Crippen LogP contribution in [-0.4, -0.2) is 22.7 Å². The fraction of sp³-hybridized carbons (Fsp3) is 0.148. The number of nitrogens with zero attached hydrogens (tertiary/aromatic N) is 1. The Morgan fingerprint density at radius 3 is 2.46 bits per heavy atom. The Morgan fingerprint density at radius 1 is 1.05 bits per heavy atom. The first-order chi connectivity index (χ1) is 17.5. The van der Waals surface area contributed by atoms with Crippen molar-refractivity contribution < 1.29 is 27.5 Å². The maximum absolute atomic E-state index is 13.1. The van der Waals surface area contributed by atoms with Gasteiger partial charge >= 0.3 is 6.18 Å². The van der Waals surface area contributed by atoms with Gasteiger partial charge in [-0.2, -0.15) is 13.2 Å². The highest BCUT2D eigenvalue weighted by Gasteiger charge is 2.36. The van der Waals surface area contributed by atoms with Crippen LogP contribution in [0.5, 0.6) is 5.75 Å². The summed E-state index contributed by atoms with van der Waals surface area (Å²) in [6.07, 6.45) is -2.96. The number of aryl methyl sites for hydroxylation is 2. The summed E-state index contributed by atoms with van der Waals surface area (Å²) < 4.78 is 45.1. The maximum Gasteiger partial charge on any atom is 0.416 e. The fourth-order valence-electron chi connectivity index (χ4n) is 3.75. The number of thiocarbonyl (C=S) groups is 1. The second-order valence-electron chi connectivity index (χ2n) is 8.35. The zero-order valence-corrected chi connectivity index (χ0v) is 21.4. The summed E-state index contributed by atoms with van der Waals surface area (Å²) in [5.74, 6) is -0.427. The van der Waals surface area contributed by atoms with Crippen molar-refractivity contribution in [3.63, 3.8) is 0 Å². The van der Waals surface area contributed by atoms with Gasteiger partial charge in [0.2, 0.25) is 0 Å². The average molecular weight is 543 g/mol. The molecule has 0 unspecified atom stereocenters. The maximum atomic E-state index is 13.1. The smallest absolute Gasteiger partial charge is 0.416 e. The van der Waals surface area contributed by atoms with Crippen LogP contribution in [0.2, 0.25) is 0 Å². The lowest BCUT2D eigenvalue weighted by molar-refractivity contribution is -0.137. The van der Waals surface area contributed by atoms with Gasteiger partial charge in [-0.3, -0.25) is 14.5 Å². The molecule has 1 aliphatic heterocycles. The quantitative estimate of drug-likeness (QED) is 0.276. The average Bonchev–Trinajstić information content (AvgIpc) is 3.09. The van der Waals surface area contributed by atoms with Gasteiger partial charge in [0.15, 0.2) is 10.9 Å². The van der Waals surface area contributed by atoms with E-state index in [9.17, 15) is 22.8 Å². The second-order valence-corrected chi connectivity index (χ2v) is 10.0. The summed E-state index contributed by atoms with van der Waals surface area (Å²) in [6.45, 7) is 3.67. The number of amides is 2. The van der Waals surface area contributed by atoms with Crippen molar-refractivity contribution in [1.29, 1.82) is 0 Å². The summed E-state index contributed by atoms with van der Waals surface area (Å²) in [6, 6.07) is 17.0. The molecule has 0 spiro atoms. The molecule has 5 nitrogen and oxygen atoms in total. The molecule has 3 aromatic rings. The molecule has 0 radical (unpaired) electrons. The number of hydrogen-bond acceptors (Lipinski definition) is 5. The molecule has 0 saturated carbocycles. The summed E-state index contributed by atoms with van der Waals surface area (Å²) in [4.78, 5) is 26.6. The number of benzene rings is 3. The molecule has 1 heterocycles. The van der Waals surface area contributed by atoms with Crippen molar-refractivity contribution >= 4 is 57.6 Å². The molecule has 0 aliphatic carbocycles. The Morgan fingerprint density at radius 2 is 1.76 bits per heavy atom. The van der Waals surface area contributed by atoms with Gasteiger partial charge in [0.1, 0.15) is 5.75 Å². The Labute approximate surface area is 221 Å². The van der Waals surface area contributed by atoms with Crippen LogP contribution in [0.4, 0.5) is 24.5 Å². The summed E-state index contributed by atoms with van der Waals surface area (Å²) >= 11 is 6.27. The van der Waals surface area contributed by atoms with Crippen LogP contribution in [0.3, 0.4) is 0 Å². The van der Waals surface area contributed by atoms with Crippen molar-refractivity contribution in [1.82, 2.24) is 0 Å². The summed E-state index contributed by atoms with van der Waals surface area (Å²) in [5, 5.41) is 2.80. The number of rotatable bonds is 6. The topological polar surface area (TPSA) is 58.6 Å². The van der Waals surface area contributed by atoms with E-state index in [2.05, 4.69) is 5.32 Å². The zero-order chi connectivity index (χ0) is 26.7. The van der Waals surface area contributed by atoms with Crippen LogP contribution in [0.15, 0.2) is 71.6 Å². The van der Waals surface area contributed by atoms with E-state index in [1.165, 1.54) is 12.1 Å². The lowest BCUT2D eigenvalue weighted by Gasteiger charge is -2.16. The third kappa shape index (κ3) is 6.58. The molecule has 10 heteroatoms. The third-order valence-electron chi connectivity index (χ3n) is 5.26. The van der Waals surface area contributed by atoms with E-state index in [1.807, 2.05) is 32.0 Å². The van der Waals surface area contributed by atoms with Crippen LogP contribution >= 0.6 is 24.0 Å². The molecule has 1 saturated heterocycles. The summed E-state index contributed by atoms with van der Waals surface area (Å²) in [5.41, 5.74) is 2.53. The number of halogens is 3. The zero-order valence-electron chi connectivity index (χ0n) is 19.8. The molecule has 0 bridgehead atoms. The number of alkyl halides is 3. The number of anilines is 2. The normalized spacial score (nSPS) is 14.8. The van der Waals surface area contributed by atoms with Gasteiger partial charge in [0.25, 0.3) is 11.8 Å². The van der Waals surface area contributed by atoms with E-state index in [0.29, 0.717) is 17.0 Å². The van der Waals surface area contributed by atoms with Crippen LogP contribution in [0.1, 0.15) is 22.3 Å². The molecular weight excluding hydrogens is 521 g/mol. The molecule has 3 aromatic carbocycles. The standard InChI is InChI=1S/C27H21F3N2O3S2/c1-16-9-17(2)11-20(10-16)31-24(33)15-35-22-8-3-5-18(12-22)13-23-25(34)32(26(36)37-23)21-7-4-6-19(14-21)27(28,29)30/h3-14H,15H2,1-2H3,(H,31,33)/b23-13-. The molecule has 1 N–H and O–H groups in total. The Hall–Kier alpha value is -3.63. The van der Waals surface area contributed by atoms with Gasteiger partial charge in [-0.25, -0.2) is 0 Å². The van der Waals surface area contributed by atoms with E-state index in [1.54, 1.807) is 30.3 Å². The number of nitrogens with one attached hydrogen (secondary N) is 1. The van der Waals surface area contributed by atoms with E-state index >= 15 is 0 Å². The molecule has 2 amide bonds. The minimum absolute atomic E-state index is 0.0487. The highest BCUT2D eigenvalue weighted by atomic mass is 32.2. The van der Waals surface area contributed by atoms with Crippen molar-refractivity contribution in [3.05, 3.63) is 93.9 Å². The predicted octanol–water partition coefficient (Wildman–Crippen LogP) is 6.75. The van der Waals surface area contributed by atoms with Gasteiger partial charge < -0.3 is 10.1 Å². The predicted molar refractivity (Wildman–Crippen MR) is 144 cm³/mol. The molecule has 190 valence electrons. The SMILES string of the molecule is Cc1cc(C)cc(NC(=O)COc2cccc(/C=C3\SC(=S)N(c4cccc(C(F)(F)F)c4)C3=O)c2)c1. The minimum atomic E-state index is -4.54. The molecule has 37 heavy (non-hydrogen) atoms. The van der Waals surface area contributed by atoms with Crippen LogP contribution in [0.25, 0.3) is 6.08 Å². The van der Waals surface area contributed by atoms with Gasteiger partial charge in [-0.05, 0) is 79.1 Å². The van der Waals surface area contributed by atoms with Gasteiger partial charge in [-0.1, -0.05) is 48.2 Å². The minimum Gasteiger partial charge on any atom is -0.484 e. The highest BCUT2D eigenvalue weighted by molar-refractivity contribution is 8.27. The first-order valence-electron chi connectivity index (χ1n) is 11.1. The number of hydrogen-bond donors (Lipinski definition) is 1. The molecule has 1 fully saturated rings. The largest absolute Gasteiger partial charge is 0.484 e. The number of carbonyl (C=O) groups excluding carboxylic acids is 2. The van der Waals surface area contributed by atoms with Crippen LogP contribution in [-0.2, 0) is 15.8 Å². The van der Waals surface area contributed by atoms with Crippen molar-refractivity contribution in [2.75, 3.05) is 16.8 Å². The third-order valence-corrected chi connectivity index (χ3v) is 6.56. The van der Waals surface area contributed by atoms with Crippen LogP contribution < -0.4 is 15.0 Å². The molecule has 1 aliphatic rings. The van der Waals surface area contributed by atoms with E-state index in [4.69, 9.17) is 17.0 Å². The highest BCUT2D eigenvalue weighted by Crippen LogP contribution is 2.38. The molecule has 0 atom stereocenters. The van der Waals surface area contributed by atoms with Crippen molar-refractivity contribution in [2.24, 2.45) is 0 Å². The molecular formula is C27H21F3N2O3S2. The monoisotopic (exact) mass is 542 g/mol. The first kappa shape index (κ1) is 26.4. The number of carbonyl (C=O) groups is 2. The van der Waals surface area contributed by atoms with Gasteiger partial charge in [-0.15, -0.1) is 0 Å². The first-order valence-corrected chi connectivity index (χ1v) is 12.3. The van der Waals surface area contributed by atoms with Crippen molar-refractivity contribution in [3.8, 4) is 5.75 Å². The Kier molecular flexibility index (Phi) is 7.70. The van der Waals surface area contributed by atoms with E-state index < -0.39 is 17.6 Å². The lowest BCUT2D eigenvalue weighted by Crippen LogP contribution is -2.27. The summed E-state index contributed by atoms with van der Waals surface area (Å²) in [7, 11) is 0.